The van der Waals surface area contributed by atoms with Gasteiger partial charge in [0.15, 0.2) is 1.41 Å². The molecule has 1 aliphatic carbocycles. The molecule has 14 heteroatoms. The predicted molar refractivity (Wildman–Crippen MR) is 192 cm³/mol. The molecule has 0 spiro atoms. The van der Waals surface area contributed by atoms with Gasteiger partial charge in [0.1, 0.15) is 19.5 Å². The van der Waals surface area contributed by atoms with Crippen LogP contribution in [0.25, 0.3) is 11.1 Å². The third-order valence-electron chi connectivity index (χ3n) is 7.96. The highest BCUT2D eigenvalue weighted by atomic mass is 16.5. The fourth-order valence-electron chi connectivity index (χ4n) is 5.45. The number of nitrogens with two attached hydrogens (primary N) is 1. The lowest BCUT2D eigenvalue weighted by Gasteiger charge is -2.15. The molecular formula is C37H49N5O9. The Kier molecular flexibility index (Phi) is 16.5. The molecule has 0 saturated carbocycles. The molecule has 1 atom stereocenters. The number of carbonyl (C=O) groups excluding carboxylic acids is 6. The van der Waals surface area contributed by atoms with Crippen LogP contribution in [0.2, 0.25) is 1.41 Å². The molecule has 3 rings (SSSR count). The maximum atomic E-state index is 12.7. The molecule has 276 valence electrons. The smallest absolute Gasteiger partial charge is 0.404 e. The molecule has 0 aromatic heterocycles. The second-order valence-electron chi connectivity index (χ2n) is 12.0. The number of hydrogen-bond donors (Lipinski definition) is 5. The van der Waals surface area contributed by atoms with E-state index in [1.807, 2.05) is 18.2 Å². The van der Waals surface area contributed by atoms with Gasteiger partial charge in [-0.25, -0.2) is 4.79 Å². The molecule has 0 bridgehead atoms. The molecule has 0 saturated heterocycles. The minimum Gasteiger partial charge on any atom is -0.496 e. The van der Waals surface area contributed by atoms with Crippen LogP contribution in [0.15, 0.2) is 48.7 Å². The van der Waals surface area contributed by atoms with E-state index in [0.717, 1.165) is 35.1 Å². The first-order chi connectivity index (χ1) is 25.1. The van der Waals surface area contributed by atoms with Crippen molar-refractivity contribution in [1.29, 1.82) is 0 Å². The molecule has 2 aromatic carbocycles. The fraction of sp³-hybridized carbons (Fsp3) is 0.459. The summed E-state index contributed by atoms with van der Waals surface area (Å²) in [6.07, 6.45) is 3.20. The summed E-state index contributed by atoms with van der Waals surface area (Å²) in [6, 6.07) is 10.9. The second kappa shape index (κ2) is 21.8. The Labute approximate surface area is 299 Å². The lowest BCUT2D eigenvalue weighted by atomic mass is 9.97. The summed E-state index contributed by atoms with van der Waals surface area (Å²) in [5, 5.41) is 11.2. The number of anilines is 2. The number of hydrogen-bond acceptors (Lipinski definition) is 9. The Hall–Kier alpha value is -5.24. The van der Waals surface area contributed by atoms with Crippen LogP contribution in [-0.2, 0) is 38.2 Å². The van der Waals surface area contributed by atoms with Gasteiger partial charge in [0, 0.05) is 56.1 Å². The van der Waals surface area contributed by atoms with Gasteiger partial charge >= 0.3 is 6.09 Å². The fourth-order valence-corrected chi connectivity index (χ4v) is 5.45. The molecule has 5 amide bonds. The molecule has 14 nitrogen and oxygen atoms in total. The number of amides is 5. The van der Waals surface area contributed by atoms with E-state index in [1.165, 1.54) is 0 Å². The van der Waals surface area contributed by atoms with E-state index in [2.05, 4.69) is 34.8 Å². The van der Waals surface area contributed by atoms with E-state index >= 15 is 0 Å². The van der Waals surface area contributed by atoms with Crippen molar-refractivity contribution in [3.8, 4) is 11.1 Å². The van der Waals surface area contributed by atoms with Crippen molar-refractivity contribution >= 4 is 47.4 Å². The van der Waals surface area contributed by atoms with E-state index in [-0.39, 0.29) is 75.5 Å². The average molecular weight is 709 g/mol. The van der Waals surface area contributed by atoms with E-state index in [0.29, 0.717) is 56.0 Å². The van der Waals surface area contributed by atoms with Crippen molar-refractivity contribution in [2.75, 3.05) is 50.2 Å². The van der Waals surface area contributed by atoms with E-state index in [9.17, 15) is 28.8 Å². The van der Waals surface area contributed by atoms with Crippen molar-refractivity contribution in [1.82, 2.24) is 10.6 Å². The van der Waals surface area contributed by atoms with Crippen LogP contribution in [-0.4, -0.2) is 75.5 Å². The maximum absolute atomic E-state index is 12.7. The molecule has 0 radical (unpaired) electrons. The van der Waals surface area contributed by atoms with Gasteiger partial charge in [-0.05, 0) is 65.8 Å². The number of unbranched alkanes of at least 4 members (excludes halogenated alkanes) is 1. The standard InChI is InChI=1S/C37H49N5O9/c1-3-4-19-49-20-16-39-33(44)7-5-9-35(46)41-26-11-13-28-29-14-12-27(23-31(29)32(30(28)22-26)24-51-37(38)48)42-36(47)10-6-8-34(45)40-17-21-50-25(2)15-18-43/h11-14,18,22-23,32H,2-10,15-17,19-21,24H2,1H3,(H2,38,48)(H,39,44)(H,40,45)(H,41,46)(H,42,47)/i/hD. The molecular weight excluding hydrogens is 658 g/mol. The number of nitrogens with one attached hydrogen (secondary N) is 4. The zero-order valence-corrected chi connectivity index (χ0v) is 29.1. The van der Waals surface area contributed by atoms with E-state index in [1.54, 1.807) is 23.9 Å². The number of fused-ring (bicyclic) bond motifs is 3. The first-order valence-corrected chi connectivity index (χ1v) is 17.2. The highest BCUT2D eigenvalue weighted by molar-refractivity contribution is 5.94. The Balaban J connectivity index is 1.53. The lowest BCUT2D eigenvalue weighted by molar-refractivity contribution is -0.122. The minimum atomic E-state index is -0.920. The summed E-state index contributed by atoms with van der Waals surface area (Å²) in [6.45, 7) is 7.56. The minimum absolute atomic E-state index is 0.0936. The molecule has 0 aliphatic heterocycles. The summed E-state index contributed by atoms with van der Waals surface area (Å²) < 4.78 is 23.0. The summed E-state index contributed by atoms with van der Waals surface area (Å²) in [5.74, 6) is -1.02. The lowest BCUT2D eigenvalue weighted by Crippen LogP contribution is -2.27. The monoisotopic (exact) mass is 708 g/mol. The molecule has 1 unspecified atom stereocenters. The molecule has 6 N–H and O–H groups in total. The van der Waals surface area contributed by atoms with Gasteiger partial charge in [-0.3, -0.25) is 19.2 Å². The quantitative estimate of drug-likeness (QED) is 0.0599. The van der Waals surface area contributed by atoms with Crippen molar-refractivity contribution in [2.45, 2.75) is 70.6 Å². The number of carbonyl (C=O) groups is 6. The topological polar surface area (TPSA) is 204 Å². The molecule has 0 heterocycles. The maximum Gasteiger partial charge on any atom is 0.404 e. The largest absolute Gasteiger partial charge is 0.496 e. The van der Waals surface area contributed by atoms with Gasteiger partial charge in [-0.15, -0.1) is 0 Å². The van der Waals surface area contributed by atoms with Crippen molar-refractivity contribution < 1.29 is 44.4 Å². The third-order valence-corrected chi connectivity index (χ3v) is 7.96. The normalized spacial score (nSPS) is 12.7. The number of ether oxygens (including phenoxy) is 3. The number of primary amides is 1. The second-order valence-corrected chi connectivity index (χ2v) is 12.0. The third kappa shape index (κ3) is 14.3. The summed E-state index contributed by atoms with van der Waals surface area (Å²) in [7, 11) is 0. The predicted octanol–water partition coefficient (Wildman–Crippen LogP) is 4.28. The first-order valence-electron chi connectivity index (χ1n) is 17.7. The van der Waals surface area contributed by atoms with Crippen LogP contribution < -0.4 is 27.0 Å². The Bertz CT molecular complexity index is 1570. The van der Waals surface area contributed by atoms with Crippen LogP contribution in [0.5, 0.6) is 0 Å². The molecule has 0 fully saturated rings. The Morgan fingerprint density at radius 1 is 0.784 bits per heavy atom. The number of rotatable bonds is 24. The van der Waals surface area contributed by atoms with E-state index < -0.39 is 12.0 Å². The van der Waals surface area contributed by atoms with Crippen molar-refractivity contribution in [3.63, 3.8) is 0 Å². The zero-order valence-electron chi connectivity index (χ0n) is 30.1. The average Bonchev–Trinajstić information content (AvgIpc) is 3.42. The van der Waals surface area contributed by atoms with Crippen LogP contribution in [0.4, 0.5) is 16.2 Å². The summed E-state index contributed by atoms with van der Waals surface area (Å²) >= 11 is 0. The zero-order chi connectivity index (χ0) is 37.7. The van der Waals surface area contributed by atoms with Gasteiger partial charge in [-0.2, -0.15) is 0 Å². The van der Waals surface area contributed by atoms with Crippen LogP contribution in [0.1, 0.15) is 81.8 Å². The Morgan fingerprint density at radius 2 is 1.33 bits per heavy atom. The van der Waals surface area contributed by atoms with Gasteiger partial charge in [-0.1, -0.05) is 32.1 Å². The molecule has 1 aliphatic rings. The number of allylic oxidation sites excluding steroid dienone is 1. The number of aldehydes is 1. The van der Waals surface area contributed by atoms with Crippen molar-refractivity contribution in [2.24, 2.45) is 5.73 Å². The molecule has 51 heavy (non-hydrogen) atoms. The highest BCUT2D eigenvalue weighted by Crippen LogP contribution is 2.46. The van der Waals surface area contributed by atoms with Gasteiger partial charge < -0.3 is 46.0 Å². The molecule has 2 aromatic rings. The Morgan fingerprint density at radius 3 is 1.86 bits per heavy atom. The van der Waals surface area contributed by atoms with E-state index in [4.69, 9.17) is 15.6 Å². The van der Waals surface area contributed by atoms with Gasteiger partial charge in [0.2, 0.25) is 23.6 Å². The van der Waals surface area contributed by atoms with Crippen LogP contribution in [0.3, 0.4) is 0 Å². The van der Waals surface area contributed by atoms with Crippen LogP contribution >= 0.6 is 0 Å². The van der Waals surface area contributed by atoms with Gasteiger partial charge in [0.05, 0.1) is 25.3 Å². The summed E-state index contributed by atoms with van der Waals surface area (Å²) in [4.78, 5) is 71.9. The number of benzene rings is 2. The van der Waals surface area contributed by atoms with Crippen molar-refractivity contribution in [3.05, 3.63) is 59.9 Å². The van der Waals surface area contributed by atoms with Crippen LogP contribution in [0, 0.1) is 0 Å². The summed E-state index contributed by atoms with van der Waals surface area (Å²) in [5.41, 5.74) is 6.06. The highest BCUT2D eigenvalue weighted by Gasteiger charge is 2.30. The first kappa shape index (κ1) is 38.6. The van der Waals surface area contributed by atoms with Gasteiger partial charge in [0.25, 0.3) is 0 Å². The SMILES string of the molecule is [2H]NC(=O)OCC1c2cc(NC(=O)CCCC(=O)NCCOCCCC)ccc2-c2ccc(NC(=O)CCCC(=O)NCCOC(=C)CC=O)cc21.